The van der Waals surface area contributed by atoms with E-state index in [1.54, 1.807) is 0 Å². The zero-order chi connectivity index (χ0) is 16.8. The predicted octanol–water partition coefficient (Wildman–Crippen LogP) is 2.20. The Bertz CT molecular complexity index is 645. The van der Waals surface area contributed by atoms with Crippen LogP contribution in [0.3, 0.4) is 0 Å². The average molecular weight is 326 g/mol. The fourth-order valence-corrected chi connectivity index (χ4v) is 3.26. The molecule has 4 nitrogen and oxygen atoms in total. The number of ether oxygens (including phenoxy) is 1. The summed E-state index contributed by atoms with van der Waals surface area (Å²) >= 11 is 0. The van der Waals surface area contributed by atoms with Gasteiger partial charge in [0.2, 0.25) is 0 Å². The fraction of sp³-hybridized carbons (Fsp3) is 0.400. The molecule has 0 radical (unpaired) electrons. The molecule has 128 valence electrons. The number of aliphatic hydroxyl groups excluding tert-OH is 1. The van der Waals surface area contributed by atoms with Crippen LogP contribution in [0.15, 0.2) is 48.5 Å². The Balaban J connectivity index is 1.64. The molecule has 1 heterocycles. The van der Waals surface area contributed by atoms with Gasteiger partial charge in [-0.15, -0.1) is 0 Å². The summed E-state index contributed by atoms with van der Waals surface area (Å²) in [6.45, 7) is 3.76. The van der Waals surface area contributed by atoms with Crippen molar-refractivity contribution in [1.82, 2.24) is 10.2 Å². The van der Waals surface area contributed by atoms with Gasteiger partial charge in [0.1, 0.15) is 12.4 Å². The first kappa shape index (κ1) is 17.0. The van der Waals surface area contributed by atoms with Gasteiger partial charge in [-0.25, -0.2) is 0 Å². The second-order valence-corrected chi connectivity index (χ2v) is 6.36. The monoisotopic (exact) mass is 326 g/mol. The summed E-state index contributed by atoms with van der Waals surface area (Å²) < 4.78 is 6.07. The largest absolute Gasteiger partial charge is 0.489 e. The van der Waals surface area contributed by atoms with Gasteiger partial charge >= 0.3 is 0 Å². The Hall–Kier alpha value is -1.88. The first-order chi connectivity index (χ1) is 11.8. The van der Waals surface area contributed by atoms with E-state index < -0.39 is 0 Å². The second-order valence-electron chi connectivity index (χ2n) is 6.36. The highest BCUT2D eigenvalue weighted by Gasteiger charge is 2.21. The molecule has 2 aromatic carbocycles. The normalized spacial score (nSPS) is 15.8. The number of fused-ring (bicyclic) bond motifs is 1. The number of likely N-dealkylation sites (N-methyl/N-ethyl adjacent to an activating group) is 1. The van der Waals surface area contributed by atoms with E-state index in [0.717, 1.165) is 25.3 Å². The second kappa shape index (κ2) is 8.29. The molecule has 0 aliphatic carbocycles. The third-order valence-corrected chi connectivity index (χ3v) is 4.45. The molecule has 0 spiro atoms. The van der Waals surface area contributed by atoms with Gasteiger partial charge in [-0.1, -0.05) is 42.5 Å². The summed E-state index contributed by atoms with van der Waals surface area (Å²) in [7, 11) is 1.87. The zero-order valence-corrected chi connectivity index (χ0v) is 14.2. The van der Waals surface area contributed by atoms with Crippen LogP contribution >= 0.6 is 0 Å². The van der Waals surface area contributed by atoms with Crippen molar-refractivity contribution in [2.75, 3.05) is 26.7 Å². The minimum absolute atomic E-state index is 0.325. The molecule has 0 saturated heterocycles. The van der Waals surface area contributed by atoms with Crippen LogP contribution in [0.4, 0.5) is 0 Å². The first-order valence-electron chi connectivity index (χ1n) is 8.59. The Morgan fingerprint density at radius 1 is 1.17 bits per heavy atom. The molecule has 2 N–H and O–H groups in total. The van der Waals surface area contributed by atoms with Crippen LogP contribution in [0.1, 0.15) is 16.7 Å². The van der Waals surface area contributed by atoms with Crippen LogP contribution in [-0.4, -0.2) is 42.8 Å². The highest BCUT2D eigenvalue weighted by molar-refractivity contribution is 5.42. The van der Waals surface area contributed by atoms with Gasteiger partial charge in [0.15, 0.2) is 0 Å². The third kappa shape index (κ3) is 4.35. The van der Waals surface area contributed by atoms with E-state index in [0.29, 0.717) is 19.7 Å². The maximum Gasteiger partial charge on any atom is 0.123 e. The summed E-state index contributed by atoms with van der Waals surface area (Å²) in [6, 6.07) is 16.5. The number of aliphatic hydroxyl groups is 1. The molecular formula is C20H26N2O2. The maximum atomic E-state index is 9.99. The van der Waals surface area contributed by atoms with Crippen molar-refractivity contribution in [3.05, 3.63) is 65.2 Å². The van der Waals surface area contributed by atoms with Crippen molar-refractivity contribution in [2.45, 2.75) is 25.7 Å². The van der Waals surface area contributed by atoms with E-state index in [4.69, 9.17) is 4.74 Å². The van der Waals surface area contributed by atoms with Crippen LogP contribution < -0.4 is 10.1 Å². The zero-order valence-electron chi connectivity index (χ0n) is 14.2. The van der Waals surface area contributed by atoms with Gasteiger partial charge < -0.3 is 15.2 Å². The standard InChI is InChI=1S/C20H26N2O2/c1-21-12-18(23)14-22-11-10-19-17(13-22)8-5-9-20(19)24-15-16-6-3-2-4-7-16/h2-9,18,21,23H,10-15H2,1H3. The Kier molecular flexibility index (Phi) is 5.86. The van der Waals surface area contributed by atoms with Gasteiger partial charge in [-0.2, -0.15) is 0 Å². The third-order valence-electron chi connectivity index (χ3n) is 4.45. The van der Waals surface area contributed by atoms with Crippen molar-refractivity contribution in [3.63, 3.8) is 0 Å². The molecule has 0 amide bonds. The maximum absolute atomic E-state index is 9.99. The van der Waals surface area contributed by atoms with Gasteiger partial charge in [0, 0.05) is 26.2 Å². The van der Waals surface area contributed by atoms with Gasteiger partial charge in [-0.05, 0) is 36.2 Å². The summed E-state index contributed by atoms with van der Waals surface area (Å²) in [6.07, 6.45) is 0.640. The van der Waals surface area contributed by atoms with Crippen molar-refractivity contribution < 1.29 is 9.84 Å². The minimum Gasteiger partial charge on any atom is -0.489 e. The van der Waals surface area contributed by atoms with E-state index in [1.165, 1.54) is 16.7 Å². The number of benzene rings is 2. The van der Waals surface area contributed by atoms with E-state index in [-0.39, 0.29) is 6.10 Å². The minimum atomic E-state index is -0.325. The van der Waals surface area contributed by atoms with Gasteiger partial charge in [-0.3, -0.25) is 4.90 Å². The molecule has 0 fully saturated rings. The van der Waals surface area contributed by atoms with Gasteiger partial charge in [0.25, 0.3) is 0 Å². The Morgan fingerprint density at radius 2 is 2.00 bits per heavy atom. The Morgan fingerprint density at radius 3 is 2.79 bits per heavy atom. The molecule has 0 aromatic heterocycles. The van der Waals surface area contributed by atoms with E-state index in [9.17, 15) is 5.11 Å². The van der Waals surface area contributed by atoms with E-state index >= 15 is 0 Å². The summed E-state index contributed by atoms with van der Waals surface area (Å²) in [4.78, 5) is 2.31. The number of nitrogens with one attached hydrogen (secondary N) is 1. The van der Waals surface area contributed by atoms with Crippen molar-refractivity contribution in [3.8, 4) is 5.75 Å². The number of nitrogens with zero attached hydrogens (tertiary/aromatic N) is 1. The highest BCUT2D eigenvalue weighted by atomic mass is 16.5. The van der Waals surface area contributed by atoms with E-state index in [1.807, 2.05) is 25.2 Å². The van der Waals surface area contributed by atoms with Crippen LogP contribution in [0, 0.1) is 0 Å². The van der Waals surface area contributed by atoms with Crippen LogP contribution in [0.2, 0.25) is 0 Å². The van der Waals surface area contributed by atoms with Crippen molar-refractivity contribution in [1.29, 1.82) is 0 Å². The molecule has 1 aliphatic rings. The molecule has 1 unspecified atom stereocenters. The van der Waals surface area contributed by atoms with E-state index in [2.05, 4.69) is 40.5 Å². The number of hydrogen-bond acceptors (Lipinski definition) is 4. The molecule has 0 saturated carbocycles. The summed E-state index contributed by atoms with van der Waals surface area (Å²) in [5.74, 6) is 0.992. The van der Waals surface area contributed by atoms with Crippen LogP contribution in [0.25, 0.3) is 0 Å². The van der Waals surface area contributed by atoms with Crippen LogP contribution in [0.5, 0.6) is 5.75 Å². The SMILES string of the molecule is CNCC(O)CN1CCc2c(cccc2OCc2ccccc2)C1. The lowest BCUT2D eigenvalue weighted by atomic mass is 9.98. The molecule has 0 bridgehead atoms. The first-order valence-corrected chi connectivity index (χ1v) is 8.59. The quantitative estimate of drug-likeness (QED) is 0.819. The molecule has 3 rings (SSSR count). The molecule has 24 heavy (non-hydrogen) atoms. The fourth-order valence-electron chi connectivity index (χ4n) is 3.26. The smallest absolute Gasteiger partial charge is 0.123 e. The number of β-amino-alcohol motifs (C(OH)–C–C–N with tert-alkyl or cyclic N) is 1. The molecular weight excluding hydrogens is 300 g/mol. The lowest BCUT2D eigenvalue weighted by molar-refractivity contribution is 0.105. The average Bonchev–Trinajstić information content (AvgIpc) is 2.60. The molecule has 4 heteroatoms. The number of hydrogen-bond donors (Lipinski definition) is 2. The highest BCUT2D eigenvalue weighted by Crippen LogP contribution is 2.28. The van der Waals surface area contributed by atoms with Gasteiger partial charge in [0.05, 0.1) is 6.10 Å². The lowest BCUT2D eigenvalue weighted by Gasteiger charge is -2.31. The van der Waals surface area contributed by atoms with Crippen molar-refractivity contribution in [2.24, 2.45) is 0 Å². The molecule has 1 aliphatic heterocycles. The molecule has 2 aromatic rings. The Labute approximate surface area is 144 Å². The van der Waals surface area contributed by atoms with Crippen LogP contribution in [-0.2, 0) is 19.6 Å². The predicted molar refractivity (Wildman–Crippen MR) is 96.1 cm³/mol. The summed E-state index contributed by atoms with van der Waals surface area (Å²) in [5.41, 5.74) is 3.80. The number of rotatable bonds is 7. The van der Waals surface area contributed by atoms with Crippen molar-refractivity contribution >= 4 is 0 Å². The molecule has 1 atom stereocenters. The topological polar surface area (TPSA) is 44.7 Å². The summed E-state index contributed by atoms with van der Waals surface area (Å²) in [5, 5.41) is 13.0. The lowest BCUT2D eigenvalue weighted by Crippen LogP contribution is -2.40.